The van der Waals surface area contributed by atoms with Gasteiger partial charge in [0.05, 0.1) is 0 Å². The first kappa shape index (κ1) is 10.6. The van der Waals surface area contributed by atoms with E-state index in [4.69, 9.17) is 10.2 Å². The SMILES string of the molecule is CO[C@H]1[C@H](O)[C@@H](O)[C@@H](O)C(=O)[C@@H]1O. The molecule has 0 amide bonds. The van der Waals surface area contributed by atoms with E-state index in [-0.39, 0.29) is 0 Å². The summed E-state index contributed by atoms with van der Waals surface area (Å²) in [5, 5.41) is 36.6. The molecule has 6 heteroatoms. The van der Waals surface area contributed by atoms with Gasteiger partial charge in [0.1, 0.15) is 30.5 Å². The van der Waals surface area contributed by atoms with E-state index in [0.717, 1.165) is 0 Å². The zero-order valence-electron chi connectivity index (χ0n) is 6.99. The first-order chi connectivity index (χ1) is 6.00. The van der Waals surface area contributed by atoms with Crippen LogP contribution >= 0.6 is 0 Å². The first-order valence-electron chi connectivity index (χ1n) is 3.79. The fourth-order valence-corrected chi connectivity index (χ4v) is 1.34. The van der Waals surface area contributed by atoms with Crippen LogP contribution in [0.1, 0.15) is 0 Å². The highest BCUT2D eigenvalue weighted by molar-refractivity contribution is 5.89. The van der Waals surface area contributed by atoms with Gasteiger partial charge in [-0.25, -0.2) is 0 Å². The number of hydrogen-bond acceptors (Lipinski definition) is 6. The number of carbonyl (C=O) groups is 1. The Labute approximate surface area is 74.4 Å². The van der Waals surface area contributed by atoms with Crippen molar-refractivity contribution in [2.45, 2.75) is 30.5 Å². The van der Waals surface area contributed by atoms with Gasteiger partial charge in [-0.2, -0.15) is 0 Å². The number of aliphatic hydroxyl groups is 4. The molecule has 5 atom stereocenters. The van der Waals surface area contributed by atoms with Crippen molar-refractivity contribution >= 4 is 5.78 Å². The van der Waals surface area contributed by atoms with Gasteiger partial charge in [-0.15, -0.1) is 0 Å². The van der Waals surface area contributed by atoms with Crippen LogP contribution in [0.3, 0.4) is 0 Å². The van der Waals surface area contributed by atoms with Gasteiger partial charge >= 0.3 is 0 Å². The maximum Gasteiger partial charge on any atom is 0.195 e. The third-order valence-electron chi connectivity index (χ3n) is 2.18. The van der Waals surface area contributed by atoms with E-state index < -0.39 is 36.3 Å². The quantitative estimate of drug-likeness (QED) is 0.353. The number of Topliss-reactive ketones (excluding diaryl/α,β-unsaturated/α-hetero) is 1. The minimum Gasteiger partial charge on any atom is -0.387 e. The maximum absolute atomic E-state index is 11.0. The Morgan fingerprint density at radius 1 is 1.08 bits per heavy atom. The molecule has 0 radical (unpaired) electrons. The van der Waals surface area contributed by atoms with E-state index in [2.05, 4.69) is 4.74 Å². The Hall–Kier alpha value is -0.530. The molecule has 0 bridgehead atoms. The Morgan fingerprint density at radius 2 is 1.62 bits per heavy atom. The molecule has 6 nitrogen and oxygen atoms in total. The molecule has 1 aliphatic carbocycles. The normalized spacial score (nSPS) is 46.5. The number of rotatable bonds is 1. The molecule has 1 rings (SSSR count). The van der Waals surface area contributed by atoms with Gasteiger partial charge in [0.2, 0.25) is 0 Å². The van der Waals surface area contributed by atoms with Gasteiger partial charge in [-0.3, -0.25) is 4.79 Å². The molecule has 0 saturated heterocycles. The number of aliphatic hydroxyl groups excluding tert-OH is 4. The van der Waals surface area contributed by atoms with Crippen LogP contribution in [0.5, 0.6) is 0 Å². The summed E-state index contributed by atoms with van der Waals surface area (Å²) in [7, 11) is 1.19. The Bertz CT molecular complexity index is 205. The highest BCUT2D eigenvalue weighted by Crippen LogP contribution is 2.19. The predicted molar refractivity (Wildman–Crippen MR) is 39.8 cm³/mol. The van der Waals surface area contributed by atoms with Crippen molar-refractivity contribution in [3.63, 3.8) is 0 Å². The van der Waals surface area contributed by atoms with Crippen LogP contribution in [0.25, 0.3) is 0 Å². The maximum atomic E-state index is 11.0. The largest absolute Gasteiger partial charge is 0.387 e. The van der Waals surface area contributed by atoms with Crippen LogP contribution in [0.2, 0.25) is 0 Å². The van der Waals surface area contributed by atoms with Gasteiger partial charge in [0, 0.05) is 7.11 Å². The first-order valence-corrected chi connectivity index (χ1v) is 3.79. The molecular weight excluding hydrogens is 180 g/mol. The van der Waals surface area contributed by atoms with E-state index in [1.165, 1.54) is 7.11 Å². The molecule has 4 N–H and O–H groups in total. The third-order valence-corrected chi connectivity index (χ3v) is 2.18. The molecule has 0 heterocycles. The molecule has 13 heavy (non-hydrogen) atoms. The standard InChI is InChI=1S/C7H12O6/c1-13-7-5(11)3(9)2(8)4(10)6(7)12/h2-3,5-9,11-12H,1H3/t2-,3+,5-,6+,7+/m1/s1. The minimum atomic E-state index is -1.75. The summed E-state index contributed by atoms with van der Waals surface area (Å²) in [4.78, 5) is 11.0. The fourth-order valence-electron chi connectivity index (χ4n) is 1.34. The molecule has 1 fully saturated rings. The fraction of sp³-hybridized carbons (Fsp3) is 0.857. The van der Waals surface area contributed by atoms with E-state index in [9.17, 15) is 15.0 Å². The van der Waals surface area contributed by atoms with Crippen molar-refractivity contribution in [3.8, 4) is 0 Å². The van der Waals surface area contributed by atoms with Crippen molar-refractivity contribution < 1.29 is 30.0 Å². The lowest BCUT2D eigenvalue weighted by Gasteiger charge is -2.36. The molecule has 0 aromatic rings. The summed E-state index contributed by atoms with van der Waals surface area (Å²) in [5.41, 5.74) is 0. The second kappa shape index (κ2) is 3.69. The van der Waals surface area contributed by atoms with Crippen LogP contribution in [0.4, 0.5) is 0 Å². The summed E-state index contributed by atoms with van der Waals surface area (Å²) >= 11 is 0. The van der Waals surface area contributed by atoms with Gasteiger partial charge in [0.25, 0.3) is 0 Å². The van der Waals surface area contributed by atoms with Crippen LogP contribution in [0.15, 0.2) is 0 Å². The number of hydrogen-bond donors (Lipinski definition) is 4. The Morgan fingerprint density at radius 3 is 2.08 bits per heavy atom. The van der Waals surface area contributed by atoms with E-state index in [1.54, 1.807) is 0 Å². The van der Waals surface area contributed by atoms with Gasteiger partial charge in [-0.05, 0) is 0 Å². The van der Waals surface area contributed by atoms with Gasteiger partial charge in [0.15, 0.2) is 5.78 Å². The molecule has 0 aromatic carbocycles. The summed E-state index contributed by atoms with van der Waals surface area (Å²) < 4.78 is 4.61. The van der Waals surface area contributed by atoms with Crippen molar-refractivity contribution in [3.05, 3.63) is 0 Å². The minimum absolute atomic E-state index is 0.940. The van der Waals surface area contributed by atoms with Crippen molar-refractivity contribution in [2.75, 3.05) is 7.11 Å². The molecule has 76 valence electrons. The van der Waals surface area contributed by atoms with Crippen LogP contribution in [0, 0.1) is 0 Å². The highest BCUT2D eigenvalue weighted by atomic mass is 16.5. The van der Waals surface area contributed by atoms with Gasteiger partial charge in [-0.1, -0.05) is 0 Å². The van der Waals surface area contributed by atoms with Crippen LogP contribution < -0.4 is 0 Å². The lowest BCUT2D eigenvalue weighted by molar-refractivity contribution is -0.190. The molecule has 0 aromatic heterocycles. The summed E-state index contributed by atoms with van der Waals surface area (Å²) in [6.45, 7) is 0. The van der Waals surface area contributed by atoms with Crippen molar-refractivity contribution in [1.29, 1.82) is 0 Å². The zero-order valence-corrected chi connectivity index (χ0v) is 6.99. The average molecular weight is 192 g/mol. The average Bonchev–Trinajstić information content (AvgIpc) is 2.13. The number of ketones is 1. The number of ether oxygens (including phenoxy) is 1. The monoisotopic (exact) mass is 192 g/mol. The van der Waals surface area contributed by atoms with E-state index >= 15 is 0 Å². The predicted octanol–water partition coefficient (Wildman–Crippen LogP) is -2.97. The van der Waals surface area contributed by atoms with Crippen LogP contribution in [-0.4, -0.2) is 63.8 Å². The summed E-state index contributed by atoms with van der Waals surface area (Å²) in [6.07, 6.45) is -7.62. The summed E-state index contributed by atoms with van der Waals surface area (Å²) in [5.74, 6) is -0.940. The molecule has 0 aliphatic heterocycles. The second-order valence-electron chi connectivity index (χ2n) is 2.97. The zero-order chi connectivity index (χ0) is 10.2. The van der Waals surface area contributed by atoms with E-state index in [1.807, 2.05) is 0 Å². The molecule has 0 spiro atoms. The third kappa shape index (κ3) is 1.59. The molecule has 0 unspecified atom stereocenters. The second-order valence-corrected chi connectivity index (χ2v) is 2.97. The number of carbonyl (C=O) groups excluding carboxylic acids is 1. The van der Waals surface area contributed by atoms with Gasteiger partial charge < -0.3 is 25.2 Å². The Balaban J connectivity index is 2.85. The lowest BCUT2D eigenvalue weighted by Crippen LogP contribution is -2.62. The topological polar surface area (TPSA) is 107 Å². The summed E-state index contributed by atoms with van der Waals surface area (Å²) in [6, 6.07) is 0. The highest BCUT2D eigenvalue weighted by Gasteiger charge is 2.48. The lowest BCUT2D eigenvalue weighted by atomic mass is 9.86. The molecule has 1 aliphatic rings. The molecular formula is C7H12O6. The molecule has 1 saturated carbocycles. The van der Waals surface area contributed by atoms with Crippen LogP contribution in [-0.2, 0) is 9.53 Å². The Kier molecular flexibility index (Phi) is 2.99. The van der Waals surface area contributed by atoms with Crippen molar-refractivity contribution in [2.24, 2.45) is 0 Å². The van der Waals surface area contributed by atoms with Crippen molar-refractivity contribution in [1.82, 2.24) is 0 Å². The van der Waals surface area contributed by atoms with E-state index in [0.29, 0.717) is 0 Å². The number of methoxy groups -OCH3 is 1. The smallest absolute Gasteiger partial charge is 0.195 e.